The van der Waals surface area contributed by atoms with Crippen LogP contribution in [0.1, 0.15) is 12.7 Å². The van der Waals surface area contributed by atoms with Crippen LogP contribution in [-0.2, 0) is 6.42 Å². The molecule has 2 aromatic rings. The number of hydrogen-bond donors (Lipinski definition) is 1. The zero-order chi connectivity index (χ0) is 13.0. The maximum Gasteiger partial charge on any atom is 0.129 e. The summed E-state index contributed by atoms with van der Waals surface area (Å²) in [5.41, 5.74) is 7.09. The van der Waals surface area contributed by atoms with Crippen molar-refractivity contribution in [1.82, 2.24) is 9.97 Å². The van der Waals surface area contributed by atoms with Crippen LogP contribution >= 0.6 is 0 Å². The quantitative estimate of drug-likeness (QED) is 0.900. The molecule has 3 nitrogen and oxygen atoms in total. The van der Waals surface area contributed by atoms with Gasteiger partial charge in [-0.05, 0) is 30.7 Å². The third kappa shape index (κ3) is 3.11. The summed E-state index contributed by atoms with van der Waals surface area (Å²) in [5, 5.41) is 0. The first-order valence-corrected chi connectivity index (χ1v) is 5.97. The highest BCUT2D eigenvalue weighted by molar-refractivity contribution is 5.58. The lowest BCUT2D eigenvalue weighted by Crippen LogP contribution is -2.14. The second kappa shape index (κ2) is 5.69. The highest BCUT2D eigenvalue weighted by atomic mass is 19.1. The van der Waals surface area contributed by atoms with Crippen LogP contribution in [-0.4, -0.2) is 16.5 Å². The Balaban J connectivity index is 2.27. The van der Waals surface area contributed by atoms with Crippen molar-refractivity contribution in [2.24, 2.45) is 11.7 Å². The third-order valence-electron chi connectivity index (χ3n) is 2.76. The van der Waals surface area contributed by atoms with Crippen molar-refractivity contribution in [2.45, 2.75) is 13.3 Å². The Hall–Kier alpha value is -1.81. The topological polar surface area (TPSA) is 51.8 Å². The number of rotatable bonds is 4. The minimum atomic E-state index is -0.261. The number of nitrogens with two attached hydrogens (primary N) is 1. The summed E-state index contributed by atoms with van der Waals surface area (Å²) in [4.78, 5) is 8.65. The van der Waals surface area contributed by atoms with Crippen LogP contribution in [0.15, 0.2) is 36.5 Å². The first-order chi connectivity index (χ1) is 8.69. The molecule has 0 fully saturated rings. The Morgan fingerprint density at radius 1 is 1.33 bits per heavy atom. The van der Waals surface area contributed by atoms with Crippen molar-refractivity contribution >= 4 is 0 Å². The molecule has 2 rings (SSSR count). The fourth-order valence-corrected chi connectivity index (χ4v) is 1.70. The molecule has 0 aliphatic heterocycles. The van der Waals surface area contributed by atoms with Crippen molar-refractivity contribution in [1.29, 1.82) is 0 Å². The fourth-order valence-electron chi connectivity index (χ4n) is 1.70. The predicted octanol–water partition coefficient (Wildman–Crippen LogP) is 2.42. The first kappa shape index (κ1) is 12.6. The molecule has 0 saturated carbocycles. The smallest absolute Gasteiger partial charge is 0.129 e. The van der Waals surface area contributed by atoms with E-state index < -0.39 is 0 Å². The molecule has 94 valence electrons. The lowest BCUT2D eigenvalue weighted by Gasteiger charge is -2.08. The van der Waals surface area contributed by atoms with E-state index in [0.717, 1.165) is 23.5 Å². The average molecular weight is 245 g/mol. The Morgan fingerprint density at radius 2 is 2.17 bits per heavy atom. The van der Waals surface area contributed by atoms with Crippen LogP contribution < -0.4 is 5.73 Å². The van der Waals surface area contributed by atoms with E-state index in [4.69, 9.17) is 5.73 Å². The molecule has 0 saturated heterocycles. The summed E-state index contributed by atoms with van der Waals surface area (Å²) in [6.07, 6.45) is 2.44. The van der Waals surface area contributed by atoms with Gasteiger partial charge in [0, 0.05) is 18.2 Å². The van der Waals surface area contributed by atoms with Gasteiger partial charge in [0.1, 0.15) is 11.6 Å². The molecular weight excluding hydrogens is 229 g/mol. The molecule has 2 N–H and O–H groups in total. The molecule has 0 radical (unpaired) electrons. The van der Waals surface area contributed by atoms with E-state index in [-0.39, 0.29) is 5.82 Å². The molecule has 1 aromatic carbocycles. The molecule has 0 amide bonds. The number of nitrogens with zero attached hydrogens (tertiary/aromatic N) is 2. The maximum absolute atomic E-state index is 13.2. The molecule has 0 bridgehead atoms. The van der Waals surface area contributed by atoms with Gasteiger partial charge in [0.2, 0.25) is 0 Å². The van der Waals surface area contributed by atoms with Crippen molar-refractivity contribution in [3.05, 3.63) is 48.2 Å². The Bertz CT molecular complexity index is 528. The van der Waals surface area contributed by atoms with Gasteiger partial charge in [-0.3, -0.25) is 0 Å². The van der Waals surface area contributed by atoms with Crippen LogP contribution in [0, 0.1) is 11.7 Å². The van der Waals surface area contributed by atoms with E-state index in [1.165, 1.54) is 12.1 Å². The van der Waals surface area contributed by atoms with Gasteiger partial charge < -0.3 is 5.73 Å². The number of halogens is 1. The van der Waals surface area contributed by atoms with E-state index in [0.29, 0.717) is 12.5 Å². The van der Waals surface area contributed by atoms with Gasteiger partial charge in [-0.15, -0.1) is 0 Å². The van der Waals surface area contributed by atoms with Gasteiger partial charge in [-0.2, -0.15) is 0 Å². The first-order valence-electron chi connectivity index (χ1n) is 5.97. The molecule has 1 aromatic heterocycles. The molecule has 1 unspecified atom stereocenters. The highest BCUT2D eigenvalue weighted by Crippen LogP contribution is 2.17. The molecular formula is C14H16FN3. The van der Waals surface area contributed by atoms with Crippen molar-refractivity contribution in [3.63, 3.8) is 0 Å². The summed E-state index contributed by atoms with van der Waals surface area (Å²) in [6, 6.07) is 8.18. The number of hydrogen-bond acceptors (Lipinski definition) is 3. The van der Waals surface area contributed by atoms with Crippen molar-refractivity contribution < 1.29 is 4.39 Å². The molecule has 18 heavy (non-hydrogen) atoms. The van der Waals surface area contributed by atoms with Crippen LogP contribution in [0.2, 0.25) is 0 Å². The largest absolute Gasteiger partial charge is 0.330 e. The molecule has 0 spiro atoms. The highest BCUT2D eigenvalue weighted by Gasteiger charge is 2.06. The fraction of sp³-hybridized carbons (Fsp3) is 0.286. The lowest BCUT2D eigenvalue weighted by atomic mass is 10.1. The third-order valence-corrected chi connectivity index (χ3v) is 2.76. The summed E-state index contributed by atoms with van der Waals surface area (Å²) in [7, 11) is 0. The SMILES string of the molecule is CC(CN)Cc1nccc(-c2cccc(F)c2)n1. The van der Waals surface area contributed by atoms with Gasteiger partial charge in [0.05, 0.1) is 5.69 Å². The minimum absolute atomic E-state index is 0.261. The van der Waals surface area contributed by atoms with Crippen LogP contribution in [0.5, 0.6) is 0 Å². The summed E-state index contributed by atoms with van der Waals surface area (Å²) in [5.74, 6) is 0.824. The van der Waals surface area contributed by atoms with Crippen LogP contribution in [0.25, 0.3) is 11.3 Å². The summed E-state index contributed by atoms with van der Waals surface area (Å²) < 4.78 is 13.2. The zero-order valence-electron chi connectivity index (χ0n) is 10.3. The van der Waals surface area contributed by atoms with Crippen LogP contribution in [0.4, 0.5) is 4.39 Å². The van der Waals surface area contributed by atoms with Gasteiger partial charge in [-0.25, -0.2) is 14.4 Å². The monoisotopic (exact) mass is 245 g/mol. The summed E-state index contributed by atoms with van der Waals surface area (Å²) >= 11 is 0. The van der Waals surface area contributed by atoms with E-state index in [2.05, 4.69) is 16.9 Å². The van der Waals surface area contributed by atoms with E-state index in [9.17, 15) is 4.39 Å². The van der Waals surface area contributed by atoms with Gasteiger partial charge in [0.25, 0.3) is 0 Å². The molecule has 1 atom stereocenters. The Morgan fingerprint density at radius 3 is 2.89 bits per heavy atom. The average Bonchev–Trinajstić information content (AvgIpc) is 2.39. The predicted molar refractivity (Wildman–Crippen MR) is 69.3 cm³/mol. The van der Waals surface area contributed by atoms with Gasteiger partial charge in [-0.1, -0.05) is 19.1 Å². The lowest BCUT2D eigenvalue weighted by molar-refractivity contribution is 0.574. The second-order valence-electron chi connectivity index (χ2n) is 4.41. The van der Waals surface area contributed by atoms with Gasteiger partial charge in [0.15, 0.2) is 0 Å². The van der Waals surface area contributed by atoms with E-state index >= 15 is 0 Å². The number of aromatic nitrogens is 2. The normalized spacial score (nSPS) is 12.4. The zero-order valence-corrected chi connectivity index (χ0v) is 10.3. The standard InChI is InChI=1S/C14H16FN3/c1-10(9-16)7-14-17-6-5-13(18-14)11-3-2-4-12(15)8-11/h2-6,8,10H,7,9,16H2,1H3. The minimum Gasteiger partial charge on any atom is -0.330 e. The Labute approximate surface area is 106 Å². The molecule has 4 heteroatoms. The molecule has 1 heterocycles. The van der Waals surface area contributed by atoms with Crippen molar-refractivity contribution in [3.8, 4) is 11.3 Å². The molecule has 0 aliphatic carbocycles. The Kier molecular flexibility index (Phi) is 3.99. The summed E-state index contributed by atoms with van der Waals surface area (Å²) in [6.45, 7) is 2.66. The van der Waals surface area contributed by atoms with E-state index in [1.807, 2.05) is 6.07 Å². The molecule has 0 aliphatic rings. The van der Waals surface area contributed by atoms with Gasteiger partial charge >= 0.3 is 0 Å². The number of benzene rings is 1. The maximum atomic E-state index is 13.2. The van der Waals surface area contributed by atoms with E-state index in [1.54, 1.807) is 18.3 Å². The second-order valence-corrected chi connectivity index (χ2v) is 4.41. The van der Waals surface area contributed by atoms with Crippen LogP contribution in [0.3, 0.4) is 0 Å². The van der Waals surface area contributed by atoms with Crippen molar-refractivity contribution in [2.75, 3.05) is 6.54 Å².